The number of cyclic esters (lactones) is 1. The molecule has 1 aliphatic heterocycles. The number of esters is 1. The van der Waals surface area contributed by atoms with Gasteiger partial charge in [-0.1, -0.05) is 40.9 Å². The molecule has 1 fully saturated rings. The molecule has 2 heterocycles. The molecule has 1 aliphatic rings. The Hall–Kier alpha value is -3.05. The number of carbonyl (C=O) groups is 2. The van der Waals surface area contributed by atoms with Gasteiger partial charge in [0.25, 0.3) is 5.78 Å². The van der Waals surface area contributed by atoms with Crippen LogP contribution in [0.5, 0.6) is 0 Å². The number of aliphatic hydroxyl groups excluding tert-OH is 1. The molecule has 0 amide bonds. The van der Waals surface area contributed by atoms with E-state index in [4.69, 9.17) is 16.3 Å². The number of benzene rings is 2. The lowest BCUT2D eigenvalue weighted by molar-refractivity contribution is -0.146. The summed E-state index contributed by atoms with van der Waals surface area (Å²) in [6.45, 7) is 4.46. The van der Waals surface area contributed by atoms with Gasteiger partial charge < -0.3 is 14.4 Å². The number of ether oxygens (including phenoxy) is 1. The lowest BCUT2D eigenvalue weighted by Crippen LogP contribution is -2.08. The van der Waals surface area contributed by atoms with E-state index >= 15 is 0 Å². The number of carbonyl (C=O) groups excluding carboxylic acids is 2. The summed E-state index contributed by atoms with van der Waals surface area (Å²) in [6.07, 6.45) is 1.77. The van der Waals surface area contributed by atoms with Crippen LogP contribution in [0.4, 0.5) is 0 Å². The summed E-state index contributed by atoms with van der Waals surface area (Å²) in [5.74, 6) is -2.00. The maximum atomic E-state index is 12.0. The summed E-state index contributed by atoms with van der Waals surface area (Å²) < 4.78 is 6.74. The molecular weight excluding hydrogens is 378 g/mol. The van der Waals surface area contributed by atoms with Crippen LogP contribution in [-0.2, 0) is 20.9 Å². The highest BCUT2D eigenvalue weighted by Gasteiger charge is 2.33. The van der Waals surface area contributed by atoms with Crippen LogP contribution in [0.1, 0.15) is 22.3 Å². The van der Waals surface area contributed by atoms with Crippen molar-refractivity contribution in [2.45, 2.75) is 20.4 Å². The van der Waals surface area contributed by atoms with Gasteiger partial charge in [-0.25, -0.2) is 4.79 Å². The molecule has 3 aromatic rings. The Bertz CT molecular complexity index is 1150. The van der Waals surface area contributed by atoms with Crippen molar-refractivity contribution in [1.82, 2.24) is 4.57 Å². The number of hydrogen-bond acceptors (Lipinski definition) is 4. The number of rotatable bonds is 3. The molecule has 0 bridgehead atoms. The van der Waals surface area contributed by atoms with E-state index in [0.717, 1.165) is 11.1 Å². The molecule has 6 heteroatoms. The third-order valence-corrected chi connectivity index (χ3v) is 5.06. The van der Waals surface area contributed by atoms with Gasteiger partial charge in [-0.3, -0.25) is 4.79 Å². The van der Waals surface area contributed by atoms with Crippen molar-refractivity contribution in [1.29, 1.82) is 0 Å². The highest BCUT2D eigenvalue weighted by molar-refractivity contribution is 6.43. The predicted molar refractivity (Wildman–Crippen MR) is 107 cm³/mol. The number of aryl methyl sites for hydroxylation is 2. The Morgan fingerprint density at radius 2 is 1.86 bits per heavy atom. The quantitative estimate of drug-likeness (QED) is 0.310. The zero-order chi connectivity index (χ0) is 20.0. The largest absolute Gasteiger partial charge is 0.507 e. The molecule has 0 unspecified atom stereocenters. The number of nitrogens with zero attached hydrogens (tertiary/aromatic N) is 1. The molecule has 5 nitrogen and oxygen atoms in total. The molecule has 0 saturated carbocycles. The molecule has 1 saturated heterocycles. The second kappa shape index (κ2) is 6.84. The molecule has 0 aliphatic carbocycles. The number of aliphatic hydroxyl groups is 1. The van der Waals surface area contributed by atoms with Crippen LogP contribution < -0.4 is 0 Å². The smallest absolute Gasteiger partial charge is 0.379 e. The Labute approximate surface area is 166 Å². The van der Waals surface area contributed by atoms with Crippen LogP contribution in [0, 0.1) is 13.8 Å². The normalized spacial score (nSPS) is 16.0. The first-order valence-electron chi connectivity index (χ1n) is 8.83. The monoisotopic (exact) mass is 395 g/mol. The van der Waals surface area contributed by atoms with Gasteiger partial charge >= 0.3 is 5.97 Å². The first-order valence-corrected chi connectivity index (χ1v) is 9.21. The lowest BCUT2D eigenvalue weighted by Gasteiger charge is -2.08. The first-order chi connectivity index (χ1) is 13.3. The minimum absolute atomic E-state index is 0.0320. The van der Waals surface area contributed by atoms with Gasteiger partial charge in [0.2, 0.25) is 0 Å². The topological polar surface area (TPSA) is 68.5 Å². The number of aromatic nitrogens is 1. The molecule has 0 radical (unpaired) electrons. The zero-order valence-electron chi connectivity index (χ0n) is 15.5. The minimum atomic E-state index is -0.946. The van der Waals surface area contributed by atoms with Crippen molar-refractivity contribution >= 4 is 40.0 Å². The van der Waals surface area contributed by atoms with Crippen LogP contribution in [0.25, 0.3) is 16.7 Å². The highest BCUT2D eigenvalue weighted by atomic mass is 35.5. The minimum Gasteiger partial charge on any atom is -0.507 e. The van der Waals surface area contributed by atoms with Crippen molar-refractivity contribution in [2.75, 3.05) is 6.61 Å². The maximum absolute atomic E-state index is 12.0. The third-order valence-electron chi connectivity index (χ3n) is 4.83. The molecule has 0 atom stereocenters. The second-order valence-corrected chi connectivity index (χ2v) is 7.50. The van der Waals surface area contributed by atoms with Crippen molar-refractivity contribution in [2.24, 2.45) is 0 Å². The first kappa shape index (κ1) is 18.3. The van der Waals surface area contributed by atoms with E-state index < -0.39 is 11.8 Å². The Morgan fingerprint density at radius 3 is 2.50 bits per heavy atom. The third kappa shape index (κ3) is 3.18. The van der Waals surface area contributed by atoms with E-state index in [0.29, 0.717) is 22.5 Å². The summed E-state index contributed by atoms with van der Waals surface area (Å²) >= 11 is 6.17. The van der Waals surface area contributed by atoms with Crippen LogP contribution in [-0.4, -0.2) is 28.0 Å². The van der Waals surface area contributed by atoms with Crippen LogP contribution >= 0.6 is 11.6 Å². The van der Waals surface area contributed by atoms with Gasteiger partial charge in [-0.15, -0.1) is 0 Å². The summed E-state index contributed by atoms with van der Waals surface area (Å²) in [4.78, 5) is 23.4. The van der Waals surface area contributed by atoms with Gasteiger partial charge in [0, 0.05) is 34.2 Å². The zero-order valence-corrected chi connectivity index (χ0v) is 16.2. The van der Waals surface area contributed by atoms with Crippen molar-refractivity contribution < 1.29 is 19.4 Å². The van der Waals surface area contributed by atoms with E-state index in [-0.39, 0.29) is 17.9 Å². The van der Waals surface area contributed by atoms with E-state index in [1.54, 1.807) is 18.3 Å². The number of Topliss-reactive ketones (excluding diaryl/α,β-unsaturated/α-hetero) is 1. The van der Waals surface area contributed by atoms with Crippen LogP contribution in [0.15, 0.2) is 48.2 Å². The molecule has 4 rings (SSSR count). The Kier molecular flexibility index (Phi) is 4.47. The number of ketones is 1. The Morgan fingerprint density at radius 1 is 1.14 bits per heavy atom. The SMILES string of the molecule is Cc1cc(C)cc(Cn2cc(/C(O)=C3\COC(=O)C3=O)c3cc(Cl)ccc32)c1. The summed E-state index contributed by atoms with van der Waals surface area (Å²) in [6, 6.07) is 11.7. The van der Waals surface area contributed by atoms with Gasteiger partial charge in [-0.05, 0) is 37.6 Å². The van der Waals surface area contributed by atoms with E-state index in [1.165, 1.54) is 11.1 Å². The average molecular weight is 396 g/mol. The molecule has 1 aromatic heterocycles. The molecule has 28 heavy (non-hydrogen) atoms. The fourth-order valence-corrected chi connectivity index (χ4v) is 3.85. The molecular formula is C22H18ClNO4. The maximum Gasteiger partial charge on any atom is 0.379 e. The average Bonchev–Trinajstić information content (AvgIpc) is 3.14. The lowest BCUT2D eigenvalue weighted by atomic mass is 10.1. The van der Waals surface area contributed by atoms with Gasteiger partial charge in [-0.2, -0.15) is 0 Å². The highest BCUT2D eigenvalue weighted by Crippen LogP contribution is 2.32. The summed E-state index contributed by atoms with van der Waals surface area (Å²) in [7, 11) is 0. The van der Waals surface area contributed by atoms with E-state index in [9.17, 15) is 14.7 Å². The van der Waals surface area contributed by atoms with E-state index in [1.807, 2.05) is 10.6 Å². The fourth-order valence-electron chi connectivity index (χ4n) is 3.68. The molecule has 142 valence electrons. The molecule has 0 spiro atoms. The summed E-state index contributed by atoms with van der Waals surface area (Å²) in [5.41, 5.74) is 4.75. The molecule has 2 aromatic carbocycles. The molecule has 1 N–H and O–H groups in total. The predicted octanol–water partition coefficient (Wildman–Crippen LogP) is 4.35. The van der Waals surface area contributed by atoms with Crippen LogP contribution in [0.2, 0.25) is 5.02 Å². The van der Waals surface area contributed by atoms with Gasteiger partial charge in [0.1, 0.15) is 12.4 Å². The van der Waals surface area contributed by atoms with Gasteiger partial charge in [0.15, 0.2) is 0 Å². The number of halogens is 1. The van der Waals surface area contributed by atoms with Gasteiger partial charge in [0.05, 0.1) is 5.57 Å². The second-order valence-electron chi connectivity index (χ2n) is 7.06. The van der Waals surface area contributed by atoms with E-state index in [2.05, 4.69) is 32.0 Å². The summed E-state index contributed by atoms with van der Waals surface area (Å²) in [5, 5.41) is 12.0. The van der Waals surface area contributed by atoms with Crippen LogP contribution in [0.3, 0.4) is 0 Å². The van der Waals surface area contributed by atoms with Crippen molar-refractivity contribution in [3.63, 3.8) is 0 Å². The standard InChI is InChI=1S/C22H18ClNO4/c1-12-5-13(2)7-14(6-12)9-24-10-17(16-8-15(23)3-4-19(16)24)20(25)18-11-28-22(27)21(18)26/h3-8,10,25H,9,11H2,1-2H3/b20-18-. The number of hydrogen-bond donors (Lipinski definition) is 1. The van der Waals surface area contributed by atoms with Crippen molar-refractivity contribution in [3.05, 3.63) is 75.4 Å². The fraction of sp³-hybridized carbons (Fsp3) is 0.182. The Balaban J connectivity index is 1.87. The number of fused-ring (bicyclic) bond motifs is 1. The van der Waals surface area contributed by atoms with Crippen molar-refractivity contribution in [3.8, 4) is 0 Å².